The highest BCUT2D eigenvalue weighted by Gasteiger charge is 2.32. The second kappa shape index (κ2) is 13.2. The Bertz CT molecular complexity index is 1560. The maximum atomic E-state index is 13.7. The molecule has 2 aromatic carbocycles. The van der Waals surface area contributed by atoms with Gasteiger partial charge in [0.05, 0.1) is 6.54 Å². The zero-order valence-corrected chi connectivity index (χ0v) is 24.0. The number of anilines is 1. The number of nitrogens with zero attached hydrogens (tertiary/aromatic N) is 3. The quantitative estimate of drug-likeness (QED) is 0.198. The third-order valence-corrected chi connectivity index (χ3v) is 7.78. The molecule has 0 saturated carbocycles. The monoisotopic (exact) mass is 582 g/mol. The highest BCUT2D eigenvalue weighted by molar-refractivity contribution is 6.12. The van der Waals surface area contributed by atoms with Gasteiger partial charge in [0.25, 0.3) is 5.91 Å². The minimum Gasteiger partial charge on any atom is -0.440 e. The van der Waals surface area contributed by atoms with Crippen molar-refractivity contribution in [2.24, 2.45) is 0 Å². The maximum absolute atomic E-state index is 13.7. The van der Waals surface area contributed by atoms with Crippen molar-refractivity contribution < 1.29 is 23.6 Å². The minimum atomic E-state index is -0.785. The van der Waals surface area contributed by atoms with Crippen molar-refractivity contribution in [3.8, 4) is 6.07 Å². The standard InChI is InChI=1S/C32H34N6O5/c1-34-31(41)22-13-11-21(12-14-22)29(40)24(19-33)30(36-27-18-23-8-2-3-10-26(23)43-27)35-25-9-4-5-17-38(32(25)42)20-28(39)37-15-6-7-16-37/h2-3,8,10-14,18,25,35-36H,4-7,9,15-17,20H2,1H3,(H,34,41)/b30-24-/t25-/m0/s1. The first-order chi connectivity index (χ1) is 20.9. The van der Waals surface area contributed by atoms with Crippen LogP contribution in [0.1, 0.15) is 52.8 Å². The molecule has 0 spiro atoms. The number of allylic oxidation sites excluding steroid dienone is 1. The number of ketones is 1. The van der Waals surface area contributed by atoms with Crippen LogP contribution < -0.4 is 16.0 Å². The van der Waals surface area contributed by atoms with Gasteiger partial charge in [-0.05, 0) is 50.3 Å². The van der Waals surface area contributed by atoms with E-state index in [2.05, 4.69) is 16.0 Å². The SMILES string of the molecule is CNC(=O)c1ccc(C(=O)/C(C#N)=C(\Nc2cc3ccccc3o2)N[C@H]2CCCCN(CC(=O)N3CCCC3)C2=O)cc1. The molecule has 0 bridgehead atoms. The van der Waals surface area contributed by atoms with Crippen LogP contribution in [0.5, 0.6) is 0 Å². The van der Waals surface area contributed by atoms with Crippen LogP contribution in [-0.4, -0.2) is 72.6 Å². The number of likely N-dealkylation sites (tertiary alicyclic amines) is 2. The average molecular weight is 583 g/mol. The van der Waals surface area contributed by atoms with Crippen LogP contribution in [0, 0.1) is 11.3 Å². The molecular weight excluding hydrogens is 548 g/mol. The second-order valence-electron chi connectivity index (χ2n) is 10.7. The number of benzene rings is 2. The van der Waals surface area contributed by atoms with Crippen molar-refractivity contribution >= 4 is 40.4 Å². The summed E-state index contributed by atoms with van der Waals surface area (Å²) in [7, 11) is 1.51. The number of carbonyl (C=O) groups is 4. The van der Waals surface area contributed by atoms with Gasteiger partial charge in [-0.1, -0.05) is 30.3 Å². The van der Waals surface area contributed by atoms with Gasteiger partial charge in [0.15, 0.2) is 5.88 Å². The largest absolute Gasteiger partial charge is 0.440 e. The smallest absolute Gasteiger partial charge is 0.251 e. The van der Waals surface area contributed by atoms with Gasteiger partial charge < -0.3 is 30.2 Å². The zero-order chi connectivity index (χ0) is 30.3. The molecule has 2 fully saturated rings. The number of amides is 3. The molecule has 3 N–H and O–H groups in total. The van der Waals surface area contributed by atoms with Crippen molar-refractivity contribution in [3.05, 3.63) is 77.1 Å². The van der Waals surface area contributed by atoms with Crippen molar-refractivity contribution in [3.63, 3.8) is 0 Å². The summed E-state index contributed by atoms with van der Waals surface area (Å²) in [4.78, 5) is 55.6. The van der Waals surface area contributed by atoms with Crippen molar-refractivity contribution in [2.75, 3.05) is 38.5 Å². The van der Waals surface area contributed by atoms with E-state index in [1.54, 1.807) is 21.9 Å². The number of furan rings is 1. The van der Waals surface area contributed by atoms with Gasteiger partial charge >= 0.3 is 0 Å². The van der Waals surface area contributed by atoms with Crippen LogP contribution in [0.4, 0.5) is 5.88 Å². The first-order valence-electron chi connectivity index (χ1n) is 14.5. The van der Waals surface area contributed by atoms with E-state index in [4.69, 9.17) is 4.42 Å². The Balaban J connectivity index is 1.46. The molecule has 43 heavy (non-hydrogen) atoms. The van der Waals surface area contributed by atoms with E-state index in [0.717, 1.165) is 24.6 Å². The van der Waals surface area contributed by atoms with Gasteiger partial charge in [-0.15, -0.1) is 0 Å². The summed E-state index contributed by atoms with van der Waals surface area (Å²) < 4.78 is 5.91. The van der Waals surface area contributed by atoms with Gasteiger partial charge in [0.2, 0.25) is 17.6 Å². The van der Waals surface area contributed by atoms with E-state index in [1.807, 2.05) is 24.3 Å². The Morgan fingerprint density at radius 1 is 0.977 bits per heavy atom. The average Bonchev–Trinajstić information content (AvgIpc) is 3.68. The molecule has 11 nitrogen and oxygen atoms in total. The number of para-hydroxylation sites is 1. The number of hydrogen-bond donors (Lipinski definition) is 3. The number of rotatable bonds is 9. The molecular formula is C32H34N6O5. The molecule has 2 aliphatic heterocycles. The van der Waals surface area contributed by atoms with Gasteiger partial charge in [0, 0.05) is 49.3 Å². The molecule has 11 heteroatoms. The molecule has 0 radical (unpaired) electrons. The third kappa shape index (κ3) is 6.70. The van der Waals surface area contributed by atoms with Crippen molar-refractivity contribution in [1.29, 1.82) is 5.26 Å². The molecule has 3 aromatic rings. The molecule has 2 aliphatic rings. The van der Waals surface area contributed by atoms with Gasteiger partial charge in [-0.3, -0.25) is 19.2 Å². The fourth-order valence-electron chi connectivity index (χ4n) is 5.42. The fraction of sp³-hybridized carbons (Fsp3) is 0.344. The summed E-state index contributed by atoms with van der Waals surface area (Å²) in [5, 5.41) is 19.8. The van der Waals surface area contributed by atoms with Crippen molar-refractivity contribution in [1.82, 2.24) is 20.4 Å². The molecule has 3 amide bonds. The molecule has 222 valence electrons. The number of Topliss-reactive ketones (excluding diaryl/α,β-unsaturated/α-hetero) is 1. The fourth-order valence-corrected chi connectivity index (χ4v) is 5.42. The summed E-state index contributed by atoms with van der Waals surface area (Å²) in [5.74, 6) is -0.943. The Labute approximate surface area is 249 Å². The van der Waals surface area contributed by atoms with E-state index in [9.17, 15) is 24.4 Å². The van der Waals surface area contributed by atoms with Crippen LogP contribution >= 0.6 is 0 Å². The Morgan fingerprint density at radius 2 is 1.67 bits per heavy atom. The lowest BCUT2D eigenvalue weighted by Gasteiger charge is -2.27. The van der Waals surface area contributed by atoms with Crippen LogP contribution in [0.2, 0.25) is 0 Å². The Kier molecular flexibility index (Phi) is 9.05. The van der Waals surface area contributed by atoms with Crippen LogP contribution in [0.15, 0.2) is 70.4 Å². The number of carbonyl (C=O) groups excluding carboxylic acids is 4. The lowest BCUT2D eigenvalue weighted by atomic mass is 10.0. The van der Waals surface area contributed by atoms with E-state index in [0.29, 0.717) is 43.6 Å². The first-order valence-corrected chi connectivity index (χ1v) is 14.5. The predicted octanol–water partition coefficient (Wildman–Crippen LogP) is 3.42. The molecule has 1 aromatic heterocycles. The van der Waals surface area contributed by atoms with Gasteiger partial charge in [-0.25, -0.2) is 0 Å². The molecule has 5 rings (SSSR count). The van der Waals surface area contributed by atoms with Crippen LogP contribution in [0.3, 0.4) is 0 Å². The van der Waals surface area contributed by atoms with E-state index in [-0.39, 0.29) is 47.1 Å². The minimum absolute atomic E-state index is 0.00517. The summed E-state index contributed by atoms with van der Waals surface area (Å²) in [6.45, 7) is 1.85. The van der Waals surface area contributed by atoms with Crippen molar-refractivity contribution in [2.45, 2.75) is 38.1 Å². The predicted molar refractivity (Wildman–Crippen MR) is 160 cm³/mol. The number of fused-ring (bicyclic) bond motifs is 1. The third-order valence-electron chi connectivity index (χ3n) is 7.78. The van der Waals surface area contributed by atoms with E-state index < -0.39 is 11.8 Å². The van der Waals surface area contributed by atoms with Gasteiger partial charge in [-0.2, -0.15) is 5.26 Å². The first kappa shape index (κ1) is 29.4. The normalized spacial score (nSPS) is 17.6. The molecule has 1 atom stereocenters. The van der Waals surface area contributed by atoms with Crippen LogP contribution in [0.25, 0.3) is 11.0 Å². The van der Waals surface area contributed by atoms with E-state index >= 15 is 0 Å². The summed E-state index contributed by atoms with van der Waals surface area (Å²) in [6.07, 6.45) is 3.82. The lowest BCUT2D eigenvalue weighted by Crippen LogP contribution is -2.49. The molecule has 0 unspecified atom stereocenters. The molecule has 3 heterocycles. The number of nitrogens with one attached hydrogen (secondary N) is 3. The maximum Gasteiger partial charge on any atom is 0.251 e. The van der Waals surface area contributed by atoms with Gasteiger partial charge in [0.1, 0.15) is 29.1 Å². The Morgan fingerprint density at radius 3 is 2.37 bits per heavy atom. The lowest BCUT2D eigenvalue weighted by molar-refractivity contribution is -0.140. The summed E-state index contributed by atoms with van der Waals surface area (Å²) in [6, 6.07) is 16.3. The zero-order valence-electron chi connectivity index (χ0n) is 24.0. The summed E-state index contributed by atoms with van der Waals surface area (Å²) in [5.41, 5.74) is 0.911. The second-order valence-corrected chi connectivity index (χ2v) is 10.7. The highest BCUT2D eigenvalue weighted by Crippen LogP contribution is 2.25. The number of nitriles is 1. The topological polar surface area (TPSA) is 148 Å². The van der Waals surface area contributed by atoms with Crippen LogP contribution in [-0.2, 0) is 9.59 Å². The highest BCUT2D eigenvalue weighted by atomic mass is 16.3. The number of hydrogen-bond acceptors (Lipinski definition) is 8. The molecule has 2 saturated heterocycles. The Hall–Kier alpha value is -5.11. The molecule has 0 aliphatic carbocycles. The van der Waals surface area contributed by atoms with E-state index in [1.165, 1.54) is 31.3 Å². The summed E-state index contributed by atoms with van der Waals surface area (Å²) >= 11 is 0.